The standard InChI is InChI=1S/C15H25N3/c1-11(2)8-9-18(14-5-6-14)15-7-4-13(10-17-15)12(3)16/h4,7,10-12,14H,5-6,8-9,16H2,1-3H3/t12-/m1/s1. The molecule has 1 aliphatic carbocycles. The number of anilines is 1. The highest BCUT2D eigenvalue weighted by atomic mass is 15.2. The molecular weight excluding hydrogens is 222 g/mol. The Labute approximate surface area is 110 Å². The quantitative estimate of drug-likeness (QED) is 0.840. The lowest BCUT2D eigenvalue weighted by atomic mass is 10.1. The van der Waals surface area contributed by atoms with Gasteiger partial charge in [-0.3, -0.25) is 0 Å². The first-order chi connectivity index (χ1) is 8.58. The third-order valence-electron chi connectivity index (χ3n) is 3.53. The number of hydrogen-bond donors (Lipinski definition) is 1. The van der Waals surface area contributed by atoms with Crippen LogP contribution in [0.4, 0.5) is 5.82 Å². The molecule has 0 amide bonds. The summed E-state index contributed by atoms with van der Waals surface area (Å²) in [5, 5.41) is 0. The Kier molecular flexibility index (Phi) is 4.23. The van der Waals surface area contributed by atoms with Gasteiger partial charge in [-0.25, -0.2) is 4.98 Å². The molecule has 1 aromatic rings. The monoisotopic (exact) mass is 247 g/mol. The molecule has 0 bridgehead atoms. The normalized spacial score (nSPS) is 16.9. The zero-order valence-corrected chi connectivity index (χ0v) is 11.8. The van der Waals surface area contributed by atoms with E-state index in [2.05, 4.69) is 35.9 Å². The summed E-state index contributed by atoms with van der Waals surface area (Å²) in [5.41, 5.74) is 6.97. The van der Waals surface area contributed by atoms with E-state index >= 15 is 0 Å². The Morgan fingerprint density at radius 3 is 2.50 bits per heavy atom. The number of hydrogen-bond acceptors (Lipinski definition) is 3. The summed E-state index contributed by atoms with van der Waals surface area (Å²) < 4.78 is 0. The van der Waals surface area contributed by atoms with E-state index in [0.29, 0.717) is 0 Å². The Morgan fingerprint density at radius 2 is 2.06 bits per heavy atom. The molecule has 1 aromatic heterocycles. The minimum atomic E-state index is 0.0663. The van der Waals surface area contributed by atoms with E-state index in [4.69, 9.17) is 5.73 Å². The van der Waals surface area contributed by atoms with Crippen molar-refractivity contribution in [1.82, 2.24) is 4.98 Å². The van der Waals surface area contributed by atoms with Crippen molar-refractivity contribution < 1.29 is 0 Å². The molecule has 1 atom stereocenters. The molecule has 1 heterocycles. The van der Waals surface area contributed by atoms with Crippen molar-refractivity contribution in [1.29, 1.82) is 0 Å². The number of aromatic nitrogens is 1. The minimum absolute atomic E-state index is 0.0663. The van der Waals surface area contributed by atoms with E-state index in [9.17, 15) is 0 Å². The highest BCUT2D eigenvalue weighted by Crippen LogP contribution is 2.31. The molecule has 3 heteroatoms. The number of pyridine rings is 1. The molecule has 0 aromatic carbocycles. The van der Waals surface area contributed by atoms with Gasteiger partial charge in [-0.05, 0) is 43.7 Å². The highest BCUT2D eigenvalue weighted by molar-refractivity contribution is 5.42. The lowest BCUT2D eigenvalue weighted by molar-refractivity contribution is 0.568. The Bertz CT molecular complexity index is 366. The van der Waals surface area contributed by atoms with Gasteiger partial charge in [0.15, 0.2) is 0 Å². The van der Waals surface area contributed by atoms with Crippen molar-refractivity contribution in [3.8, 4) is 0 Å². The zero-order chi connectivity index (χ0) is 13.1. The van der Waals surface area contributed by atoms with Crippen molar-refractivity contribution in [3.05, 3.63) is 23.9 Å². The predicted molar refractivity (Wildman–Crippen MR) is 76.7 cm³/mol. The smallest absolute Gasteiger partial charge is 0.128 e. The molecule has 0 unspecified atom stereocenters. The molecule has 18 heavy (non-hydrogen) atoms. The van der Waals surface area contributed by atoms with Crippen molar-refractivity contribution >= 4 is 5.82 Å². The first-order valence-electron chi connectivity index (χ1n) is 7.06. The first-order valence-corrected chi connectivity index (χ1v) is 7.06. The maximum absolute atomic E-state index is 5.86. The van der Waals surface area contributed by atoms with Crippen LogP contribution in [0.15, 0.2) is 18.3 Å². The maximum Gasteiger partial charge on any atom is 0.128 e. The molecule has 0 spiro atoms. The SMILES string of the molecule is CC(C)CCN(c1ccc([C@@H](C)N)cn1)C1CC1. The summed E-state index contributed by atoms with van der Waals surface area (Å²) in [7, 11) is 0. The summed E-state index contributed by atoms with van der Waals surface area (Å²) in [6.07, 6.45) is 5.78. The van der Waals surface area contributed by atoms with Gasteiger partial charge in [0.05, 0.1) is 0 Å². The molecule has 2 N–H and O–H groups in total. The van der Waals surface area contributed by atoms with Crippen molar-refractivity contribution in [3.63, 3.8) is 0 Å². The van der Waals surface area contributed by atoms with E-state index in [0.717, 1.165) is 29.9 Å². The van der Waals surface area contributed by atoms with Gasteiger partial charge in [-0.15, -0.1) is 0 Å². The van der Waals surface area contributed by atoms with Crippen molar-refractivity contribution in [2.24, 2.45) is 11.7 Å². The lowest BCUT2D eigenvalue weighted by Crippen LogP contribution is -2.28. The van der Waals surface area contributed by atoms with E-state index in [1.165, 1.54) is 19.3 Å². The lowest BCUT2D eigenvalue weighted by Gasteiger charge is -2.24. The van der Waals surface area contributed by atoms with Gasteiger partial charge in [0.2, 0.25) is 0 Å². The maximum atomic E-state index is 5.86. The molecule has 1 saturated carbocycles. The molecule has 0 saturated heterocycles. The molecule has 0 radical (unpaired) electrons. The second-order valence-corrected chi connectivity index (χ2v) is 5.85. The molecule has 0 aliphatic heterocycles. The Balaban J connectivity index is 2.05. The molecule has 1 aliphatic rings. The number of nitrogens with zero attached hydrogens (tertiary/aromatic N) is 2. The number of rotatable bonds is 6. The molecular formula is C15H25N3. The topological polar surface area (TPSA) is 42.1 Å². The minimum Gasteiger partial charge on any atom is -0.354 e. The van der Waals surface area contributed by atoms with E-state index < -0.39 is 0 Å². The fourth-order valence-electron chi connectivity index (χ4n) is 2.10. The predicted octanol–water partition coefficient (Wildman–Crippen LogP) is 3.12. The van der Waals surface area contributed by atoms with E-state index in [-0.39, 0.29) is 6.04 Å². The van der Waals surface area contributed by atoms with Crippen molar-refractivity contribution in [2.45, 2.75) is 52.1 Å². The van der Waals surface area contributed by atoms with Crippen LogP contribution in [-0.4, -0.2) is 17.6 Å². The zero-order valence-electron chi connectivity index (χ0n) is 11.8. The van der Waals surface area contributed by atoms with E-state index in [1.807, 2.05) is 13.1 Å². The fourth-order valence-corrected chi connectivity index (χ4v) is 2.10. The Morgan fingerprint density at radius 1 is 1.33 bits per heavy atom. The van der Waals surface area contributed by atoms with Crippen LogP contribution in [0.1, 0.15) is 51.6 Å². The average molecular weight is 247 g/mol. The molecule has 1 fully saturated rings. The van der Waals surface area contributed by atoms with Gasteiger partial charge in [0, 0.05) is 24.8 Å². The Hall–Kier alpha value is -1.09. The fraction of sp³-hybridized carbons (Fsp3) is 0.667. The van der Waals surface area contributed by atoms with Crippen LogP contribution in [0.2, 0.25) is 0 Å². The second kappa shape index (κ2) is 5.70. The molecule has 3 nitrogen and oxygen atoms in total. The summed E-state index contributed by atoms with van der Waals surface area (Å²) in [6.45, 7) is 7.66. The van der Waals surface area contributed by atoms with Gasteiger partial charge in [0.1, 0.15) is 5.82 Å². The third kappa shape index (κ3) is 3.45. The van der Waals surface area contributed by atoms with Crippen LogP contribution in [0.5, 0.6) is 0 Å². The highest BCUT2D eigenvalue weighted by Gasteiger charge is 2.29. The van der Waals surface area contributed by atoms with Crippen LogP contribution in [-0.2, 0) is 0 Å². The van der Waals surface area contributed by atoms with Crippen LogP contribution in [0, 0.1) is 5.92 Å². The molecule has 2 rings (SSSR count). The summed E-state index contributed by atoms with van der Waals surface area (Å²) >= 11 is 0. The van der Waals surface area contributed by atoms with Crippen LogP contribution in [0.3, 0.4) is 0 Å². The molecule has 100 valence electrons. The van der Waals surface area contributed by atoms with Gasteiger partial charge < -0.3 is 10.6 Å². The second-order valence-electron chi connectivity index (χ2n) is 5.85. The van der Waals surface area contributed by atoms with Gasteiger partial charge in [0.25, 0.3) is 0 Å². The largest absolute Gasteiger partial charge is 0.354 e. The third-order valence-corrected chi connectivity index (χ3v) is 3.53. The van der Waals surface area contributed by atoms with Gasteiger partial charge in [-0.1, -0.05) is 19.9 Å². The van der Waals surface area contributed by atoms with Crippen LogP contribution in [0.25, 0.3) is 0 Å². The summed E-state index contributed by atoms with van der Waals surface area (Å²) in [4.78, 5) is 7.05. The van der Waals surface area contributed by atoms with Crippen LogP contribution >= 0.6 is 0 Å². The first kappa shape index (κ1) is 13.3. The van der Waals surface area contributed by atoms with Crippen molar-refractivity contribution in [2.75, 3.05) is 11.4 Å². The number of nitrogens with two attached hydrogens (primary N) is 1. The van der Waals surface area contributed by atoms with Crippen LogP contribution < -0.4 is 10.6 Å². The van der Waals surface area contributed by atoms with Gasteiger partial charge in [-0.2, -0.15) is 0 Å². The van der Waals surface area contributed by atoms with E-state index in [1.54, 1.807) is 0 Å². The van der Waals surface area contributed by atoms with Gasteiger partial charge >= 0.3 is 0 Å². The summed E-state index contributed by atoms with van der Waals surface area (Å²) in [5.74, 6) is 1.86. The summed E-state index contributed by atoms with van der Waals surface area (Å²) in [6, 6.07) is 5.02. The average Bonchev–Trinajstić information content (AvgIpc) is 3.14.